The van der Waals surface area contributed by atoms with E-state index < -0.39 is 22.1 Å². The number of carboxylic acids is 1. The third-order valence-corrected chi connectivity index (χ3v) is 4.17. The Morgan fingerprint density at radius 3 is 2.21 bits per heavy atom. The third kappa shape index (κ3) is 4.77. The van der Waals surface area contributed by atoms with Crippen molar-refractivity contribution < 1.29 is 27.9 Å². The number of carbonyl (C=O) groups is 2. The van der Waals surface area contributed by atoms with Crippen LogP contribution in [0.5, 0.6) is 0 Å². The molecule has 0 aromatic rings. The van der Waals surface area contributed by atoms with Gasteiger partial charge >= 0.3 is 5.97 Å². The van der Waals surface area contributed by atoms with Gasteiger partial charge in [-0.15, -0.1) is 0 Å². The molecule has 1 aliphatic heterocycles. The Morgan fingerprint density at radius 2 is 1.79 bits per heavy atom. The number of rotatable bonds is 5. The first kappa shape index (κ1) is 15.9. The molecule has 1 fully saturated rings. The molecule has 1 saturated heterocycles. The maximum atomic E-state index is 11.7. The minimum atomic E-state index is -3.23. The van der Waals surface area contributed by atoms with Crippen LogP contribution in [0.2, 0.25) is 0 Å². The van der Waals surface area contributed by atoms with E-state index >= 15 is 0 Å². The minimum Gasteiger partial charge on any atom is -0.479 e. The lowest BCUT2D eigenvalue weighted by Gasteiger charge is -2.33. The molecule has 1 amide bonds. The summed E-state index contributed by atoms with van der Waals surface area (Å²) in [6, 6.07) is 0. The monoisotopic (exact) mass is 294 g/mol. The van der Waals surface area contributed by atoms with E-state index in [2.05, 4.69) is 0 Å². The Hall–Kier alpha value is -1.19. The summed E-state index contributed by atoms with van der Waals surface area (Å²) >= 11 is 0. The summed E-state index contributed by atoms with van der Waals surface area (Å²) in [4.78, 5) is 23.7. The zero-order valence-corrected chi connectivity index (χ0v) is 11.7. The summed E-state index contributed by atoms with van der Waals surface area (Å²) < 4.78 is 28.8. The topological polar surface area (TPSA) is 104 Å². The molecule has 8 nitrogen and oxygen atoms in total. The van der Waals surface area contributed by atoms with E-state index in [9.17, 15) is 18.0 Å². The van der Waals surface area contributed by atoms with Crippen molar-refractivity contribution in [3.8, 4) is 0 Å². The molecule has 19 heavy (non-hydrogen) atoms. The predicted octanol–water partition coefficient (Wildman–Crippen LogP) is -1.42. The van der Waals surface area contributed by atoms with Gasteiger partial charge in [0.25, 0.3) is 0 Å². The number of carbonyl (C=O) groups excluding carboxylic acids is 1. The average Bonchev–Trinajstić information content (AvgIpc) is 2.34. The molecule has 0 aromatic heterocycles. The fraction of sp³-hybridized carbons (Fsp3) is 0.800. The SMILES string of the molecule is CC(OCC(=O)N1CCN(S(C)(=O)=O)CC1)C(=O)O. The number of sulfonamides is 1. The Kier molecular flexibility index (Phi) is 5.27. The number of hydrogen-bond donors (Lipinski definition) is 1. The largest absolute Gasteiger partial charge is 0.479 e. The number of piperazine rings is 1. The zero-order valence-electron chi connectivity index (χ0n) is 10.9. The van der Waals surface area contributed by atoms with Crippen LogP contribution in [0.15, 0.2) is 0 Å². The highest BCUT2D eigenvalue weighted by atomic mass is 32.2. The number of ether oxygens (including phenoxy) is 1. The van der Waals surface area contributed by atoms with Crippen LogP contribution in [-0.4, -0.2) is 79.8 Å². The highest BCUT2D eigenvalue weighted by molar-refractivity contribution is 7.88. The minimum absolute atomic E-state index is 0.249. The molecule has 0 bridgehead atoms. The van der Waals surface area contributed by atoms with Gasteiger partial charge in [-0.05, 0) is 6.92 Å². The Bertz CT molecular complexity index is 441. The first-order valence-corrected chi connectivity index (χ1v) is 7.64. The molecule has 9 heteroatoms. The molecule has 0 spiro atoms. The van der Waals surface area contributed by atoms with Gasteiger partial charge in [0.1, 0.15) is 6.61 Å². The molecule has 0 aromatic carbocycles. The van der Waals surface area contributed by atoms with Crippen LogP contribution in [0.3, 0.4) is 0 Å². The van der Waals surface area contributed by atoms with Crippen LogP contribution < -0.4 is 0 Å². The van der Waals surface area contributed by atoms with Crippen molar-refractivity contribution in [2.75, 3.05) is 39.0 Å². The smallest absolute Gasteiger partial charge is 0.332 e. The summed E-state index contributed by atoms with van der Waals surface area (Å²) in [7, 11) is -3.23. The van der Waals surface area contributed by atoms with Crippen molar-refractivity contribution in [1.29, 1.82) is 0 Å². The van der Waals surface area contributed by atoms with Crippen molar-refractivity contribution in [1.82, 2.24) is 9.21 Å². The number of amides is 1. The van der Waals surface area contributed by atoms with E-state index in [1.54, 1.807) is 0 Å². The molecular formula is C10H18N2O6S. The number of aliphatic carboxylic acids is 1. The van der Waals surface area contributed by atoms with E-state index in [-0.39, 0.29) is 38.7 Å². The zero-order chi connectivity index (χ0) is 14.6. The van der Waals surface area contributed by atoms with E-state index in [1.807, 2.05) is 0 Å². The van der Waals surface area contributed by atoms with Crippen LogP contribution in [0.1, 0.15) is 6.92 Å². The van der Waals surface area contributed by atoms with Crippen LogP contribution in [0, 0.1) is 0 Å². The number of carboxylic acid groups (broad SMARTS) is 1. The lowest BCUT2D eigenvalue weighted by molar-refractivity contribution is -0.153. The Labute approximate surface area is 112 Å². The van der Waals surface area contributed by atoms with Crippen molar-refractivity contribution in [2.24, 2.45) is 0 Å². The summed E-state index contributed by atoms with van der Waals surface area (Å²) in [5, 5.41) is 8.61. The second-order valence-corrected chi connectivity index (χ2v) is 6.32. The molecule has 1 rings (SSSR count). The van der Waals surface area contributed by atoms with Gasteiger partial charge in [-0.3, -0.25) is 4.79 Å². The Balaban J connectivity index is 2.39. The van der Waals surface area contributed by atoms with E-state index in [4.69, 9.17) is 9.84 Å². The van der Waals surface area contributed by atoms with Crippen molar-refractivity contribution in [2.45, 2.75) is 13.0 Å². The van der Waals surface area contributed by atoms with E-state index in [1.165, 1.54) is 16.1 Å². The second kappa shape index (κ2) is 6.31. The van der Waals surface area contributed by atoms with Crippen molar-refractivity contribution in [3.05, 3.63) is 0 Å². The first-order chi connectivity index (χ1) is 8.71. The molecule has 0 aliphatic carbocycles. The molecule has 0 saturated carbocycles. The van der Waals surface area contributed by atoms with E-state index in [0.717, 1.165) is 6.26 Å². The van der Waals surface area contributed by atoms with Gasteiger partial charge in [0.2, 0.25) is 15.9 Å². The fourth-order valence-electron chi connectivity index (χ4n) is 1.63. The summed E-state index contributed by atoms with van der Waals surface area (Å²) in [6.07, 6.45) is 0.0866. The molecule has 1 unspecified atom stereocenters. The standard InChI is InChI=1S/C10H18N2O6S/c1-8(10(14)15)18-7-9(13)11-3-5-12(6-4-11)19(2,16)17/h8H,3-7H2,1-2H3,(H,14,15). The van der Waals surface area contributed by atoms with Crippen LogP contribution >= 0.6 is 0 Å². The summed E-state index contributed by atoms with van der Waals surface area (Å²) in [5.74, 6) is -1.46. The molecule has 110 valence electrons. The maximum absolute atomic E-state index is 11.7. The molecular weight excluding hydrogens is 276 g/mol. The predicted molar refractivity (Wildman–Crippen MR) is 66.0 cm³/mol. The Morgan fingerprint density at radius 1 is 1.26 bits per heavy atom. The third-order valence-electron chi connectivity index (χ3n) is 2.86. The molecule has 1 aliphatic rings. The van der Waals surface area contributed by atoms with Gasteiger partial charge in [0, 0.05) is 26.2 Å². The quantitative estimate of drug-likeness (QED) is 0.667. The highest BCUT2D eigenvalue weighted by Crippen LogP contribution is 2.06. The average molecular weight is 294 g/mol. The molecule has 1 atom stereocenters. The van der Waals surface area contributed by atoms with Gasteiger partial charge in [0.15, 0.2) is 6.10 Å². The summed E-state index contributed by atoms with van der Waals surface area (Å²) in [6.45, 7) is 2.11. The van der Waals surface area contributed by atoms with Gasteiger partial charge in [-0.25, -0.2) is 13.2 Å². The van der Waals surface area contributed by atoms with Crippen molar-refractivity contribution >= 4 is 21.9 Å². The fourth-order valence-corrected chi connectivity index (χ4v) is 2.45. The lowest BCUT2D eigenvalue weighted by atomic mass is 10.3. The molecule has 0 radical (unpaired) electrons. The van der Waals surface area contributed by atoms with Crippen LogP contribution in [0.4, 0.5) is 0 Å². The van der Waals surface area contributed by atoms with Crippen LogP contribution in [-0.2, 0) is 24.3 Å². The number of hydrogen-bond acceptors (Lipinski definition) is 5. The summed E-state index contributed by atoms with van der Waals surface area (Å²) in [5.41, 5.74) is 0. The normalized spacial score (nSPS) is 19.2. The molecule has 1 heterocycles. The van der Waals surface area contributed by atoms with Gasteiger partial charge in [-0.2, -0.15) is 4.31 Å². The first-order valence-electron chi connectivity index (χ1n) is 5.79. The second-order valence-electron chi connectivity index (χ2n) is 4.33. The highest BCUT2D eigenvalue weighted by Gasteiger charge is 2.26. The van der Waals surface area contributed by atoms with Gasteiger partial charge in [0.05, 0.1) is 6.26 Å². The van der Waals surface area contributed by atoms with Crippen LogP contribution in [0.25, 0.3) is 0 Å². The maximum Gasteiger partial charge on any atom is 0.332 e. The van der Waals surface area contributed by atoms with E-state index in [0.29, 0.717) is 0 Å². The number of nitrogens with zero attached hydrogens (tertiary/aromatic N) is 2. The lowest BCUT2D eigenvalue weighted by Crippen LogP contribution is -2.51. The van der Waals surface area contributed by atoms with Gasteiger partial charge in [-0.1, -0.05) is 0 Å². The van der Waals surface area contributed by atoms with Gasteiger partial charge < -0.3 is 14.7 Å². The van der Waals surface area contributed by atoms with Crippen molar-refractivity contribution in [3.63, 3.8) is 0 Å². The molecule has 1 N–H and O–H groups in total.